The van der Waals surface area contributed by atoms with Crippen molar-refractivity contribution in [2.24, 2.45) is 0 Å². The molecule has 0 unspecified atom stereocenters. The highest BCUT2D eigenvalue weighted by Crippen LogP contribution is 2.23. The molecule has 0 spiro atoms. The van der Waals surface area contributed by atoms with Crippen LogP contribution in [0.25, 0.3) is 11.0 Å². The van der Waals surface area contributed by atoms with Gasteiger partial charge in [0.2, 0.25) is 5.91 Å². The van der Waals surface area contributed by atoms with Crippen LogP contribution in [0.1, 0.15) is 25.5 Å². The van der Waals surface area contributed by atoms with Crippen molar-refractivity contribution in [2.75, 3.05) is 12.4 Å². The van der Waals surface area contributed by atoms with Crippen LogP contribution in [0.15, 0.2) is 53.7 Å². The summed E-state index contributed by atoms with van der Waals surface area (Å²) in [6.45, 7) is 4.56. The number of H-pyrrole nitrogens is 1. The van der Waals surface area contributed by atoms with Crippen molar-refractivity contribution >= 4 is 28.7 Å². The Hall–Kier alpha value is -2.47. The number of fused-ring (bicyclic) bond motifs is 1. The van der Waals surface area contributed by atoms with Crippen LogP contribution in [0.2, 0.25) is 0 Å². The highest BCUT2D eigenvalue weighted by atomic mass is 32.2. The lowest BCUT2D eigenvalue weighted by molar-refractivity contribution is -0.119. The van der Waals surface area contributed by atoms with Gasteiger partial charge >= 0.3 is 0 Å². The molecule has 2 N–H and O–H groups in total. The highest BCUT2D eigenvalue weighted by Gasteiger charge is 2.11. The molecule has 3 aromatic rings. The molecule has 0 saturated carbocycles. The lowest BCUT2D eigenvalue weighted by Gasteiger charge is -2.13. The molecular formula is C19H21N3O2S. The summed E-state index contributed by atoms with van der Waals surface area (Å²) in [6, 6.07) is 15.6. The Morgan fingerprint density at radius 2 is 2.08 bits per heavy atom. The van der Waals surface area contributed by atoms with Gasteiger partial charge in [-0.3, -0.25) is 4.79 Å². The molecule has 1 heterocycles. The Balaban J connectivity index is 1.57. The number of hydrogen-bond donors (Lipinski definition) is 2. The zero-order valence-corrected chi connectivity index (χ0v) is 15.1. The van der Waals surface area contributed by atoms with Crippen LogP contribution in [0, 0.1) is 0 Å². The van der Waals surface area contributed by atoms with Crippen LogP contribution >= 0.6 is 11.8 Å². The molecule has 0 radical (unpaired) electrons. The Morgan fingerprint density at radius 3 is 2.84 bits per heavy atom. The average molecular weight is 355 g/mol. The van der Waals surface area contributed by atoms with Crippen LogP contribution < -0.4 is 10.1 Å². The van der Waals surface area contributed by atoms with E-state index in [1.807, 2.05) is 62.4 Å². The number of ether oxygens (including phenoxy) is 1. The van der Waals surface area contributed by atoms with Gasteiger partial charge in [0.25, 0.3) is 0 Å². The molecule has 5 nitrogen and oxygen atoms in total. The third-order valence-electron chi connectivity index (χ3n) is 3.76. The minimum Gasteiger partial charge on any atom is -0.494 e. The number of amides is 1. The second-order valence-corrected chi connectivity index (χ2v) is 6.61. The first-order chi connectivity index (χ1) is 12.2. The van der Waals surface area contributed by atoms with Crippen LogP contribution in [0.5, 0.6) is 5.75 Å². The highest BCUT2D eigenvalue weighted by molar-refractivity contribution is 7.99. The third kappa shape index (κ3) is 4.54. The number of rotatable bonds is 7. The van der Waals surface area contributed by atoms with Crippen LogP contribution in [-0.4, -0.2) is 28.2 Å². The van der Waals surface area contributed by atoms with Gasteiger partial charge in [-0.05, 0) is 31.5 Å². The fourth-order valence-electron chi connectivity index (χ4n) is 2.53. The summed E-state index contributed by atoms with van der Waals surface area (Å²) in [4.78, 5) is 19.9. The van der Waals surface area contributed by atoms with Gasteiger partial charge < -0.3 is 15.0 Å². The number of hydrogen-bond acceptors (Lipinski definition) is 4. The summed E-state index contributed by atoms with van der Waals surface area (Å²) in [5.74, 6) is 1.11. The molecule has 0 fully saturated rings. The fourth-order valence-corrected chi connectivity index (χ4v) is 3.23. The lowest BCUT2D eigenvalue weighted by Crippen LogP contribution is -2.28. The maximum atomic E-state index is 12.2. The molecule has 6 heteroatoms. The van der Waals surface area contributed by atoms with E-state index in [2.05, 4.69) is 15.3 Å². The van der Waals surface area contributed by atoms with Gasteiger partial charge in [-0.2, -0.15) is 0 Å². The largest absolute Gasteiger partial charge is 0.494 e. The fraction of sp³-hybridized carbons (Fsp3) is 0.263. The molecular weight excluding hydrogens is 334 g/mol. The number of aromatic amines is 1. The van der Waals surface area contributed by atoms with Gasteiger partial charge in [0.1, 0.15) is 5.75 Å². The first kappa shape index (κ1) is 17.4. The van der Waals surface area contributed by atoms with Crippen molar-refractivity contribution in [1.82, 2.24) is 15.3 Å². The molecule has 130 valence electrons. The van der Waals surface area contributed by atoms with Crippen molar-refractivity contribution in [3.63, 3.8) is 0 Å². The molecule has 0 bridgehead atoms. The maximum absolute atomic E-state index is 12.2. The van der Waals surface area contributed by atoms with Crippen molar-refractivity contribution < 1.29 is 9.53 Å². The number of imidazole rings is 1. The van der Waals surface area contributed by atoms with Gasteiger partial charge in [0.15, 0.2) is 5.16 Å². The Bertz CT molecular complexity index is 848. The molecule has 0 aliphatic heterocycles. The number of aromatic nitrogens is 2. The Kier molecular flexibility index (Phi) is 5.60. The van der Waals surface area contributed by atoms with Gasteiger partial charge in [-0.15, -0.1) is 0 Å². The van der Waals surface area contributed by atoms with Gasteiger partial charge in [-0.25, -0.2) is 4.98 Å². The number of carbonyl (C=O) groups is 1. The SMILES string of the molecule is CCOc1ccc2nc(SCC(=O)N[C@H](C)c3ccccc3)[nH]c2c1. The van der Waals surface area contributed by atoms with Crippen LogP contribution in [0.3, 0.4) is 0 Å². The standard InChI is InChI=1S/C19H21N3O2S/c1-3-24-15-9-10-16-17(11-15)22-19(21-16)25-12-18(23)20-13(2)14-7-5-4-6-8-14/h4-11,13H,3,12H2,1-2H3,(H,20,23)(H,21,22)/t13-/m1/s1. The van der Waals surface area contributed by atoms with Crippen molar-refractivity contribution in [3.05, 3.63) is 54.1 Å². The third-order valence-corrected chi connectivity index (χ3v) is 4.63. The second-order valence-electron chi connectivity index (χ2n) is 5.64. The molecule has 0 aliphatic carbocycles. The normalized spacial score (nSPS) is 12.1. The number of carbonyl (C=O) groups excluding carboxylic acids is 1. The van der Waals surface area contributed by atoms with Gasteiger partial charge in [-0.1, -0.05) is 42.1 Å². The average Bonchev–Trinajstić information content (AvgIpc) is 3.03. The minimum atomic E-state index is -0.0168. The zero-order valence-electron chi connectivity index (χ0n) is 14.3. The molecule has 25 heavy (non-hydrogen) atoms. The van der Waals surface area contributed by atoms with E-state index in [4.69, 9.17) is 4.74 Å². The summed E-state index contributed by atoms with van der Waals surface area (Å²) in [7, 11) is 0. The smallest absolute Gasteiger partial charge is 0.230 e. The topological polar surface area (TPSA) is 67.0 Å². The Labute approximate surface area is 151 Å². The maximum Gasteiger partial charge on any atom is 0.230 e. The van der Waals surface area contributed by atoms with E-state index in [1.165, 1.54) is 11.8 Å². The quantitative estimate of drug-likeness (QED) is 0.630. The molecule has 2 aromatic carbocycles. The second kappa shape index (κ2) is 8.07. The summed E-state index contributed by atoms with van der Waals surface area (Å²) in [5.41, 5.74) is 2.86. The molecule has 3 rings (SSSR count). The number of benzene rings is 2. The number of nitrogens with one attached hydrogen (secondary N) is 2. The van der Waals surface area contributed by atoms with Crippen molar-refractivity contribution in [3.8, 4) is 5.75 Å². The van der Waals surface area contributed by atoms with Gasteiger partial charge in [0.05, 0.1) is 29.4 Å². The van der Waals surface area contributed by atoms with E-state index in [-0.39, 0.29) is 11.9 Å². The molecule has 1 atom stereocenters. The molecule has 1 amide bonds. The molecule has 0 saturated heterocycles. The zero-order chi connectivity index (χ0) is 17.6. The van der Waals surface area contributed by atoms with E-state index in [0.29, 0.717) is 12.4 Å². The Morgan fingerprint density at radius 1 is 1.28 bits per heavy atom. The summed E-state index contributed by atoms with van der Waals surface area (Å²) in [5, 5.41) is 3.73. The lowest BCUT2D eigenvalue weighted by atomic mass is 10.1. The summed E-state index contributed by atoms with van der Waals surface area (Å²) < 4.78 is 5.49. The van der Waals surface area contributed by atoms with E-state index in [1.54, 1.807) is 0 Å². The van der Waals surface area contributed by atoms with Crippen LogP contribution in [-0.2, 0) is 4.79 Å². The monoisotopic (exact) mass is 355 g/mol. The molecule has 0 aliphatic rings. The predicted molar refractivity (Wildman–Crippen MR) is 101 cm³/mol. The first-order valence-corrected chi connectivity index (χ1v) is 9.24. The van der Waals surface area contributed by atoms with Gasteiger partial charge in [0, 0.05) is 6.07 Å². The first-order valence-electron chi connectivity index (χ1n) is 8.25. The number of nitrogens with zero attached hydrogens (tertiary/aromatic N) is 1. The molecule has 1 aromatic heterocycles. The van der Waals surface area contributed by atoms with E-state index < -0.39 is 0 Å². The van der Waals surface area contributed by atoms with E-state index in [0.717, 1.165) is 27.5 Å². The summed E-state index contributed by atoms with van der Waals surface area (Å²) in [6.07, 6.45) is 0. The van der Waals surface area contributed by atoms with E-state index >= 15 is 0 Å². The van der Waals surface area contributed by atoms with Crippen molar-refractivity contribution in [2.45, 2.75) is 25.0 Å². The number of thioether (sulfide) groups is 1. The summed E-state index contributed by atoms with van der Waals surface area (Å²) >= 11 is 1.39. The minimum absolute atomic E-state index is 0.0151. The van der Waals surface area contributed by atoms with E-state index in [9.17, 15) is 4.79 Å². The van der Waals surface area contributed by atoms with Crippen molar-refractivity contribution in [1.29, 1.82) is 0 Å². The predicted octanol–water partition coefficient (Wildman–Crippen LogP) is 3.93. The van der Waals surface area contributed by atoms with Crippen LogP contribution in [0.4, 0.5) is 0 Å².